The molecule has 0 bridgehead atoms. The van der Waals surface area contributed by atoms with Crippen LogP contribution in [-0.4, -0.2) is 28.1 Å². The van der Waals surface area contributed by atoms with Crippen LogP contribution in [0.15, 0.2) is 24.4 Å². The molecule has 4 nitrogen and oxygen atoms in total. The normalized spacial score (nSPS) is 22.2. The summed E-state index contributed by atoms with van der Waals surface area (Å²) in [6, 6.07) is 5.94. The van der Waals surface area contributed by atoms with E-state index in [0.717, 1.165) is 17.9 Å². The van der Waals surface area contributed by atoms with E-state index < -0.39 is 0 Å². The van der Waals surface area contributed by atoms with Crippen LogP contribution in [0.25, 0.3) is 0 Å². The Balaban J connectivity index is 1.78. The van der Waals surface area contributed by atoms with E-state index in [4.69, 9.17) is 0 Å². The maximum Gasteiger partial charge on any atom is 0.315 e. The standard InChI is InChI=1S/C15H23N3OS/c1-2-20-14-9-4-3-8-13(14)18-15(19)17-11-12-7-5-6-10-16-12/h5-7,10,13-14H,2-4,8-9,11H2,1H3,(H2,17,18,19)/t13-,14+/m1/s1. The highest BCUT2D eigenvalue weighted by molar-refractivity contribution is 7.99. The number of carbonyl (C=O) groups excluding carboxylic acids is 1. The first-order valence-corrected chi connectivity index (χ1v) is 8.40. The van der Waals surface area contributed by atoms with Crippen LogP contribution in [0.4, 0.5) is 4.79 Å². The van der Waals surface area contributed by atoms with Gasteiger partial charge in [0.1, 0.15) is 0 Å². The molecule has 1 aliphatic carbocycles. The van der Waals surface area contributed by atoms with Gasteiger partial charge in [0.15, 0.2) is 0 Å². The van der Waals surface area contributed by atoms with E-state index in [1.807, 2.05) is 30.0 Å². The second-order valence-corrected chi connectivity index (χ2v) is 6.55. The van der Waals surface area contributed by atoms with Crippen molar-refractivity contribution in [3.05, 3.63) is 30.1 Å². The molecule has 2 atom stereocenters. The van der Waals surface area contributed by atoms with Gasteiger partial charge in [-0.1, -0.05) is 25.8 Å². The number of nitrogens with zero attached hydrogens (tertiary/aromatic N) is 1. The van der Waals surface area contributed by atoms with Gasteiger partial charge < -0.3 is 10.6 Å². The van der Waals surface area contributed by atoms with E-state index in [-0.39, 0.29) is 6.03 Å². The molecule has 1 aromatic rings. The van der Waals surface area contributed by atoms with Crippen molar-refractivity contribution in [3.8, 4) is 0 Å². The number of hydrogen-bond acceptors (Lipinski definition) is 3. The van der Waals surface area contributed by atoms with Gasteiger partial charge in [-0.15, -0.1) is 0 Å². The first-order valence-electron chi connectivity index (χ1n) is 7.35. The minimum Gasteiger partial charge on any atom is -0.334 e. The number of hydrogen-bond donors (Lipinski definition) is 2. The van der Waals surface area contributed by atoms with E-state index in [2.05, 4.69) is 22.5 Å². The summed E-state index contributed by atoms with van der Waals surface area (Å²) < 4.78 is 0. The summed E-state index contributed by atoms with van der Waals surface area (Å²) in [4.78, 5) is 16.2. The molecule has 0 spiro atoms. The maximum atomic E-state index is 12.0. The van der Waals surface area contributed by atoms with Crippen LogP contribution in [0.3, 0.4) is 0 Å². The van der Waals surface area contributed by atoms with Crippen molar-refractivity contribution in [3.63, 3.8) is 0 Å². The van der Waals surface area contributed by atoms with Crippen LogP contribution in [0, 0.1) is 0 Å². The van der Waals surface area contributed by atoms with E-state index in [9.17, 15) is 4.79 Å². The molecule has 1 aromatic heterocycles. The zero-order valence-corrected chi connectivity index (χ0v) is 12.8. The van der Waals surface area contributed by atoms with Crippen molar-refractivity contribution >= 4 is 17.8 Å². The van der Waals surface area contributed by atoms with Gasteiger partial charge in [-0.25, -0.2) is 4.79 Å². The minimum absolute atomic E-state index is 0.0794. The van der Waals surface area contributed by atoms with Crippen LogP contribution in [-0.2, 0) is 6.54 Å². The Morgan fingerprint density at radius 3 is 3.00 bits per heavy atom. The number of urea groups is 1. The maximum absolute atomic E-state index is 12.0. The molecule has 5 heteroatoms. The van der Waals surface area contributed by atoms with Crippen LogP contribution < -0.4 is 10.6 Å². The predicted octanol–water partition coefficient (Wildman–Crippen LogP) is 2.95. The third-order valence-corrected chi connectivity index (χ3v) is 4.88. The Kier molecular flexibility index (Phi) is 6.18. The van der Waals surface area contributed by atoms with Gasteiger partial charge in [0.25, 0.3) is 0 Å². The fraction of sp³-hybridized carbons (Fsp3) is 0.600. The highest BCUT2D eigenvalue weighted by Gasteiger charge is 2.26. The van der Waals surface area contributed by atoms with Gasteiger partial charge in [-0.3, -0.25) is 4.98 Å². The Labute approximate surface area is 125 Å². The summed E-state index contributed by atoms with van der Waals surface area (Å²) in [5, 5.41) is 6.58. The monoisotopic (exact) mass is 293 g/mol. The van der Waals surface area contributed by atoms with E-state index in [1.165, 1.54) is 19.3 Å². The van der Waals surface area contributed by atoms with Gasteiger partial charge in [-0.05, 0) is 30.7 Å². The zero-order chi connectivity index (χ0) is 14.2. The lowest BCUT2D eigenvalue weighted by molar-refractivity contribution is 0.233. The second kappa shape index (κ2) is 8.15. The molecule has 1 fully saturated rings. The molecule has 0 aliphatic heterocycles. The third kappa shape index (κ3) is 4.71. The van der Waals surface area contributed by atoms with Gasteiger partial charge in [0.05, 0.1) is 12.2 Å². The SMILES string of the molecule is CCS[C@H]1CCCC[C@H]1NC(=O)NCc1ccccn1. The predicted molar refractivity (Wildman–Crippen MR) is 83.8 cm³/mol. The number of amides is 2. The quantitative estimate of drug-likeness (QED) is 0.877. The van der Waals surface area contributed by atoms with Crippen molar-refractivity contribution in [2.24, 2.45) is 0 Å². The van der Waals surface area contributed by atoms with Gasteiger partial charge in [0, 0.05) is 17.5 Å². The largest absolute Gasteiger partial charge is 0.334 e. The third-order valence-electron chi connectivity index (χ3n) is 3.56. The van der Waals surface area contributed by atoms with Gasteiger partial charge >= 0.3 is 6.03 Å². The molecule has 0 radical (unpaired) electrons. The van der Waals surface area contributed by atoms with E-state index >= 15 is 0 Å². The van der Waals surface area contributed by atoms with Crippen LogP contribution in [0.1, 0.15) is 38.3 Å². The smallest absolute Gasteiger partial charge is 0.315 e. The molecule has 0 saturated heterocycles. The molecule has 0 aromatic carbocycles. The average Bonchev–Trinajstić information content (AvgIpc) is 2.49. The second-order valence-electron chi connectivity index (χ2n) is 5.03. The summed E-state index contributed by atoms with van der Waals surface area (Å²) in [5.41, 5.74) is 0.880. The van der Waals surface area contributed by atoms with Crippen LogP contribution in [0.5, 0.6) is 0 Å². The summed E-state index contributed by atoms with van der Waals surface area (Å²) in [6.07, 6.45) is 6.54. The fourth-order valence-electron chi connectivity index (χ4n) is 2.57. The number of nitrogens with one attached hydrogen (secondary N) is 2. The number of carbonyl (C=O) groups is 1. The van der Waals surface area contributed by atoms with Crippen molar-refractivity contribution in [2.45, 2.75) is 50.4 Å². The Bertz CT molecular complexity index is 411. The van der Waals surface area contributed by atoms with Crippen LogP contribution in [0.2, 0.25) is 0 Å². The Hall–Kier alpha value is -1.23. The van der Waals surface area contributed by atoms with Crippen molar-refractivity contribution in [2.75, 3.05) is 5.75 Å². The molecule has 110 valence electrons. The molecule has 1 heterocycles. The molecular formula is C15H23N3OS. The topological polar surface area (TPSA) is 54.0 Å². The first kappa shape index (κ1) is 15.2. The Morgan fingerprint density at radius 1 is 1.40 bits per heavy atom. The fourth-order valence-corrected chi connectivity index (χ4v) is 3.77. The lowest BCUT2D eigenvalue weighted by Crippen LogP contribution is -2.47. The average molecular weight is 293 g/mol. The zero-order valence-electron chi connectivity index (χ0n) is 12.0. The van der Waals surface area contributed by atoms with Gasteiger partial charge in [0.2, 0.25) is 0 Å². The number of thioether (sulfide) groups is 1. The molecule has 2 amide bonds. The van der Waals surface area contributed by atoms with Crippen LogP contribution >= 0.6 is 11.8 Å². The summed E-state index contributed by atoms with van der Waals surface area (Å²) in [7, 11) is 0. The summed E-state index contributed by atoms with van der Waals surface area (Å²) in [6.45, 7) is 2.66. The van der Waals surface area contributed by atoms with Crippen molar-refractivity contribution in [1.82, 2.24) is 15.6 Å². The van der Waals surface area contributed by atoms with E-state index in [1.54, 1.807) is 6.20 Å². The van der Waals surface area contributed by atoms with E-state index in [0.29, 0.717) is 17.8 Å². The number of rotatable bonds is 5. The molecule has 1 aliphatic rings. The molecular weight excluding hydrogens is 270 g/mol. The van der Waals surface area contributed by atoms with Crippen molar-refractivity contribution < 1.29 is 4.79 Å². The lowest BCUT2D eigenvalue weighted by Gasteiger charge is -2.31. The number of pyridine rings is 1. The molecule has 1 saturated carbocycles. The highest BCUT2D eigenvalue weighted by Crippen LogP contribution is 2.28. The molecule has 0 unspecified atom stereocenters. The molecule has 2 N–H and O–H groups in total. The summed E-state index contributed by atoms with van der Waals surface area (Å²) in [5.74, 6) is 1.11. The number of aromatic nitrogens is 1. The lowest BCUT2D eigenvalue weighted by atomic mass is 9.95. The Morgan fingerprint density at radius 2 is 2.25 bits per heavy atom. The molecule has 2 rings (SSSR count). The minimum atomic E-state index is -0.0794. The highest BCUT2D eigenvalue weighted by atomic mass is 32.2. The van der Waals surface area contributed by atoms with Gasteiger partial charge in [-0.2, -0.15) is 11.8 Å². The first-order chi connectivity index (χ1) is 9.79. The summed E-state index contributed by atoms with van der Waals surface area (Å²) >= 11 is 1.96. The van der Waals surface area contributed by atoms with Crippen molar-refractivity contribution in [1.29, 1.82) is 0 Å². The molecule has 20 heavy (non-hydrogen) atoms.